The fraction of sp³-hybridized carbons (Fsp3) is 0.467. The molecule has 0 aliphatic carbocycles. The first-order valence-corrected chi connectivity index (χ1v) is 7.09. The summed E-state index contributed by atoms with van der Waals surface area (Å²) in [5.41, 5.74) is 0.777. The van der Waals surface area contributed by atoms with E-state index >= 15 is 0 Å². The predicted octanol–water partition coefficient (Wildman–Crippen LogP) is 1.27. The summed E-state index contributed by atoms with van der Waals surface area (Å²) in [5, 5.41) is 8.85. The van der Waals surface area contributed by atoms with E-state index < -0.39 is 0 Å². The van der Waals surface area contributed by atoms with Crippen molar-refractivity contribution in [3.05, 3.63) is 30.3 Å². The molecule has 0 bridgehead atoms. The Balaban J connectivity index is 1.60. The highest BCUT2D eigenvalue weighted by atomic mass is 16.2. The van der Waals surface area contributed by atoms with Gasteiger partial charge in [-0.2, -0.15) is 0 Å². The van der Waals surface area contributed by atoms with E-state index in [9.17, 15) is 9.59 Å². The largest absolute Gasteiger partial charge is 0.356 e. The third-order valence-corrected chi connectivity index (χ3v) is 3.33. The Morgan fingerprint density at radius 1 is 1.20 bits per heavy atom. The molecule has 0 spiro atoms. The normalized spacial score (nSPS) is 17.7. The standard InChI is InChI=1S/C15H21N3O2/c19-14(18-12-5-2-1-3-6-12)8-10-17-15(20)11-13-7-4-9-16-13/h1-3,5-6,13,16H,4,7-11H2,(H,17,20)(H,18,19). The van der Waals surface area contributed by atoms with Gasteiger partial charge < -0.3 is 16.0 Å². The number of carbonyl (C=O) groups is 2. The molecular formula is C15H21N3O2. The minimum Gasteiger partial charge on any atom is -0.356 e. The van der Waals surface area contributed by atoms with Crippen molar-refractivity contribution in [3.63, 3.8) is 0 Å². The van der Waals surface area contributed by atoms with E-state index in [0.29, 0.717) is 25.4 Å². The summed E-state index contributed by atoms with van der Waals surface area (Å²) in [6.45, 7) is 1.38. The summed E-state index contributed by atoms with van der Waals surface area (Å²) in [5.74, 6) is -0.0765. The predicted molar refractivity (Wildman–Crippen MR) is 78.3 cm³/mol. The topological polar surface area (TPSA) is 70.2 Å². The number of rotatable bonds is 6. The number of hydrogen-bond acceptors (Lipinski definition) is 3. The lowest BCUT2D eigenvalue weighted by Gasteiger charge is -2.10. The highest BCUT2D eigenvalue weighted by Crippen LogP contribution is 2.08. The molecule has 1 saturated heterocycles. The van der Waals surface area contributed by atoms with Gasteiger partial charge in [-0.1, -0.05) is 18.2 Å². The van der Waals surface area contributed by atoms with Gasteiger partial charge >= 0.3 is 0 Å². The van der Waals surface area contributed by atoms with Crippen LogP contribution in [-0.4, -0.2) is 30.9 Å². The molecule has 5 nitrogen and oxygen atoms in total. The number of amides is 2. The maximum absolute atomic E-state index is 11.7. The van der Waals surface area contributed by atoms with Crippen LogP contribution in [0.2, 0.25) is 0 Å². The Hall–Kier alpha value is -1.88. The lowest BCUT2D eigenvalue weighted by Crippen LogP contribution is -2.33. The molecule has 1 aliphatic heterocycles. The molecule has 1 aliphatic rings. The second-order valence-electron chi connectivity index (χ2n) is 5.01. The minimum absolute atomic E-state index is 0.0110. The first-order chi connectivity index (χ1) is 9.74. The highest BCUT2D eigenvalue weighted by Gasteiger charge is 2.17. The van der Waals surface area contributed by atoms with Crippen LogP contribution >= 0.6 is 0 Å². The molecule has 0 aromatic heterocycles. The molecule has 1 unspecified atom stereocenters. The van der Waals surface area contributed by atoms with E-state index in [1.54, 1.807) is 0 Å². The fourth-order valence-electron chi connectivity index (χ4n) is 2.29. The Labute approximate surface area is 119 Å². The zero-order chi connectivity index (χ0) is 14.2. The SMILES string of the molecule is O=C(CC1CCCN1)NCCC(=O)Nc1ccccc1. The van der Waals surface area contributed by atoms with Crippen molar-refractivity contribution in [2.24, 2.45) is 0 Å². The maximum Gasteiger partial charge on any atom is 0.226 e. The second-order valence-corrected chi connectivity index (χ2v) is 5.01. The zero-order valence-corrected chi connectivity index (χ0v) is 11.5. The van der Waals surface area contributed by atoms with Gasteiger partial charge in [0.2, 0.25) is 11.8 Å². The van der Waals surface area contributed by atoms with E-state index in [1.807, 2.05) is 30.3 Å². The van der Waals surface area contributed by atoms with E-state index in [2.05, 4.69) is 16.0 Å². The average molecular weight is 275 g/mol. The fourth-order valence-corrected chi connectivity index (χ4v) is 2.29. The number of para-hydroxylation sites is 1. The smallest absolute Gasteiger partial charge is 0.226 e. The minimum atomic E-state index is -0.0875. The average Bonchev–Trinajstić information content (AvgIpc) is 2.92. The van der Waals surface area contributed by atoms with Gasteiger partial charge in [0.15, 0.2) is 0 Å². The number of anilines is 1. The molecule has 108 valence electrons. The second kappa shape index (κ2) is 7.65. The van der Waals surface area contributed by atoms with Gasteiger partial charge in [-0.25, -0.2) is 0 Å². The van der Waals surface area contributed by atoms with Crippen LogP contribution in [0.1, 0.15) is 25.7 Å². The van der Waals surface area contributed by atoms with Gasteiger partial charge in [-0.05, 0) is 31.5 Å². The molecule has 20 heavy (non-hydrogen) atoms. The van der Waals surface area contributed by atoms with Gasteiger partial charge in [0.05, 0.1) is 0 Å². The van der Waals surface area contributed by atoms with Crippen molar-refractivity contribution >= 4 is 17.5 Å². The lowest BCUT2D eigenvalue weighted by molar-refractivity contribution is -0.121. The van der Waals surface area contributed by atoms with Gasteiger partial charge in [-0.3, -0.25) is 9.59 Å². The van der Waals surface area contributed by atoms with E-state index in [0.717, 1.165) is 25.1 Å². The molecule has 1 atom stereocenters. The van der Waals surface area contributed by atoms with Crippen LogP contribution in [0.5, 0.6) is 0 Å². The Morgan fingerprint density at radius 3 is 2.70 bits per heavy atom. The van der Waals surface area contributed by atoms with Crippen LogP contribution in [0.15, 0.2) is 30.3 Å². The van der Waals surface area contributed by atoms with Crippen molar-refractivity contribution < 1.29 is 9.59 Å². The summed E-state index contributed by atoms with van der Waals surface area (Å²) in [4.78, 5) is 23.3. The van der Waals surface area contributed by atoms with Gasteiger partial charge in [0.1, 0.15) is 0 Å². The molecule has 0 saturated carbocycles. The number of nitrogens with one attached hydrogen (secondary N) is 3. The third-order valence-electron chi connectivity index (χ3n) is 3.33. The van der Waals surface area contributed by atoms with Crippen LogP contribution in [0.3, 0.4) is 0 Å². The van der Waals surface area contributed by atoms with Gasteiger partial charge in [0.25, 0.3) is 0 Å². The lowest BCUT2D eigenvalue weighted by atomic mass is 10.1. The van der Waals surface area contributed by atoms with E-state index in [-0.39, 0.29) is 11.8 Å². The first kappa shape index (κ1) is 14.5. The molecule has 5 heteroatoms. The molecule has 1 heterocycles. The van der Waals surface area contributed by atoms with Crippen molar-refractivity contribution in [3.8, 4) is 0 Å². The monoisotopic (exact) mass is 275 g/mol. The quantitative estimate of drug-likeness (QED) is 0.732. The zero-order valence-electron chi connectivity index (χ0n) is 11.5. The summed E-state index contributed by atoms with van der Waals surface area (Å²) >= 11 is 0. The van der Waals surface area contributed by atoms with Crippen LogP contribution in [0.4, 0.5) is 5.69 Å². The summed E-state index contributed by atoms with van der Waals surface area (Å²) in [6.07, 6.45) is 2.98. The number of hydrogen-bond donors (Lipinski definition) is 3. The van der Waals surface area contributed by atoms with Crippen LogP contribution in [0.25, 0.3) is 0 Å². The summed E-state index contributed by atoms with van der Waals surface area (Å²) in [7, 11) is 0. The Morgan fingerprint density at radius 2 is 2.00 bits per heavy atom. The van der Waals surface area contributed by atoms with Crippen LogP contribution < -0.4 is 16.0 Å². The van der Waals surface area contributed by atoms with Crippen molar-refractivity contribution in [2.75, 3.05) is 18.4 Å². The Bertz CT molecular complexity index is 442. The van der Waals surface area contributed by atoms with Crippen molar-refractivity contribution in [2.45, 2.75) is 31.7 Å². The number of benzene rings is 1. The molecule has 3 N–H and O–H groups in total. The summed E-state index contributed by atoms with van der Waals surface area (Å²) in [6, 6.07) is 9.60. The van der Waals surface area contributed by atoms with E-state index in [1.165, 1.54) is 0 Å². The van der Waals surface area contributed by atoms with Crippen molar-refractivity contribution in [1.29, 1.82) is 0 Å². The number of carbonyl (C=O) groups excluding carboxylic acids is 2. The first-order valence-electron chi connectivity index (χ1n) is 7.09. The van der Waals surface area contributed by atoms with Crippen LogP contribution in [0, 0.1) is 0 Å². The maximum atomic E-state index is 11.7. The molecule has 1 fully saturated rings. The van der Waals surface area contributed by atoms with Crippen molar-refractivity contribution in [1.82, 2.24) is 10.6 Å². The molecular weight excluding hydrogens is 254 g/mol. The summed E-state index contributed by atoms with van der Waals surface area (Å²) < 4.78 is 0. The Kier molecular flexibility index (Phi) is 5.55. The molecule has 1 aromatic carbocycles. The van der Waals surface area contributed by atoms with Crippen LogP contribution in [-0.2, 0) is 9.59 Å². The molecule has 1 aromatic rings. The molecule has 2 amide bonds. The third kappa shape index (κ3) is 5.01. The molecule has 0 radical (unpaired) electrons. The van der Waals surface area contributed by atoms with Gasteiger partial charge in [-0.15, -0.1) is 0 Å². The molecule has 2 rings (SSSR count). The van der Waals surface area contributed by atoms with E-state index in [4.69, 9.17) is 0 Å². The highest BCUT2D eigenvalue weighted by molar-refractivity contribution is 5.91. The van der Waals surface area contributed by atoms with Gasteiger partial charge in [0, 0.05) is 31.1 Å².